The summed E-state index contributed by atoms with van der Waals surface area (Å²) >= 11 is 1.03. The molecule has 5 nitrogen and oxygen atoms in total. The Morgan fingerprint density at radius 1 is 1.00 bits per heavy atom. The number of nitrogens with one attached hydrogen (secondary N) is 1. The van der Waals surface area contributed by atoms with Crippen molar-refractivity contribution >= 4 is 27.3 Å². The van der Waals surface area contributed by atoms with Crippen LogP contribution in [0.5, 0.6) is 11.5 Å². The first kappa shape index (κ1) is 12.4. The fourth-order valence-corrected chi connectivity index (χ4v) is 2.69. The van der Waals surface area contributed by atoms with Crippen LogP contribution in [0.3, 0.4) is 0 Å². The van der Waals surface area contributed by atoms with Crippen molar-refractivity contribution in [3.8, 4) is 11.5 Å². The SMILES string of the molecule is O=C(c1ccc(O)c(O)c1)c1ccc2[nH]c(=O)sc2c1. The Kier molecular flexibility index (Phi) is 2.80. The zero-order valence-electron chi connectivity index (χ0n) is 10.1. The summed E-state index contributed by atoms with van der Waals surface area (Å²) < 4.78 is 0.698. The Morgan fingerprint density at radius 2 is 1.70 bits per heavy atom. The van der Waals surface area contributed by atoms with E-state index in [-0.39, 0.29) is 27.7 Å². The molecule has 0 spiro atoms. The summed E-state index contributed by atoms with van der Waals surface area (Å²) in [6.07, 6.45) is 0. The van der Waals surface area contributed by atoms with Gasteiger partial charge in [-0.05, 0) is 36.4 Å². The Balaban J connectivity index is 2.07. The zero-order valence-corrected chi connectivity index (χ0v) is 10.9. The van der Waals surface area contributed by atoms with Gasteiger partial charge in [0.15, 0.2) is 17.3 Å². The van der Waals surface area contributed by atoms with Crippen LogP contribution < -0.4 is 4.87 Å². The summed E-state index contributed by atoms with van der Waals surface area (Å²) in [4.78, 5) is 26.0. The summed E-state index contributed by atoms with van der Waals surface area (Å²) in [5, 5.41) is 18.7. The second-order valence-electron chi connectivity index (χ2n) is 4.26. The number of fused-ring (bicyclic) bond motifs is 1. The van der Waals surface area contributed by atoms with Crippen molar-refractivity contribution in [3.63, 3.8) is 0 Å². The number of phenolic OH excluding ortho intramolecular Hbond substituents is 2. The van der Waals surface area contributed by atoms with Crippen LogP contribution in [0.1, 0.15) is 15.9 Å². The average Bonchev–Trinajstić information content (AvgIpc) is 2.80. The number of benzene rings is 2. The lowest BCUT2D eigenvalue weighted by molar-refractivity contribution is 0.103. The lowest BCUT2D eigenvalue weighted by Gasteiger charge is -2.03. The van der Waals surface area contributed by atoms with Crippen LogP contribution in [0.2, 0.25) is 0 Å². The Bertz CT molecular complexity index is 878. The number of carbonyl (C=O) groups excluding carboxylic acids is 1. The van der Waals surface area contributed by atoms with Crippen molar-refractivity contribution in [2.45, 2.75) is 0 Å². The molecule has 1 heterocycles. The minimum atomic E-state index is -0.344. The van der Waals surface area contributed by atoms with Gasteiger partial charge in [-0.2, -0.15) is 0 Å². The molecular formula is C14H9NO4S. The quantitative estimate of drug-likeness (QED) is 0.498. The topological polar surface area (TPSA) is 90.4 Å². The number of carbonyl (C=O) groups is 1. The summed E-state index contributed by atoms with van der Waals surface area (Å²) in [5.74, 6) is -0.910. The molecule has 3 aromatic rings. The van der Waals surface area contributed by atoms with Crippen molar-refractivity contribution in [1.29, 1.82) is 0 Å². The van der Waals surface area contributed by atoms with Crippen molar-refractivity contribution in [2.24, 2.45) is 0 Å². The molecule has 0 atom stereocenters. The summed E-state index contributed by atoms with van der Waals surface area (Å²) in [6.45, 7) is 0. The van der Waals surface area contributed by atoms with Crippen LogP contribution in [-0.4, -0.2) is 21.0 Å². The molecule has 0 amide bonds. The average molecular weight is 287 g/mol. The van der Waals surface area contributed by atoms with Gasteiger partial charge >= 0.3 is 4.87 Å². The summed E-state index contributed by atoms with van der Waals surface area (Å²) in [7, 11) is 0. The lowest BCUT2D eigenvalue weighted by Crippen LogP contribution is -2.00. The molecule has 0 saturated carbocycles. The van der Waals surface area contributed by atoms with Crippen molar-refractivity contribution in [3.05, 3.63) is 57.2 Å². The van der Waals surface area contributed by atoms with Crippen LogP contribution in [0.25, 0.3) is 10.2 Å². The maximum absolute atomic E-state index is 12.3. The van der Waals surface area contributed by atoms with E-state index in [0.717, 1.165) is 11.3 Å². The predicted octanol–water partition coefficient (Wildman–Crippen LogP) is 2.23. The molecule has 0 fully saturated rings. The van der Waals surface area contributed by atoms with Gasteiger partial charge in [-0.25, -0.2) is 0 Å². The molecule has 0 aliphatic carbocycles. The van der Waals surface area contributed by atoms with E-state index in [2.05, 4.69) is 4.98 Å². The minimum Gasteiger partial charge on any atom is -0.504 e. The Labute approximate surface area is 116 Å². The molecule has 3 rings (SSSR count). The highest BCUT2D eigenvalue weighted by Gasteiger charge is 2.12. The van der Waals surface area contributed by atoms with Crippen LogP contribution in [0.4, 0.5) is 0 Å². The van der Waals surface area contributed by atoms with E-state index in [4.69, 9.17) is 0 Å². The number of ketones is 1. The predicted molar refractivity (Wildman–Crippen MR) is 75.6 cm³/mol. The molecule has 0 radical (unpaired) electrons. The van der Waals surface area contributed by atoms with E-state index in [9.17, 15) is 19.8 Å². The fourth-order valence-electron chi connectivity index (χ4n) is 1.92. The fraction of sp³-hybridized carbons (Fsp3) is 0. The molecule has 0 aliphatic heterocycles. The molecule has 20 heavy (non-hydrogen) atoms. The van der Waals surface area contributed by atoms with Gasteiger partial charge in [-0.1, -0.05) is 11.3 Å². The number of aromatic nitrogens is 1. The first-order chi connectivity index (χ1) is 9.54. The van der Waals surface area contributed by atoms with Crippen molar-refractivity contribution < 1.29 is 15.0 Å². The van der Waals surface area contributed by atoms with Gasteiger partial charge in [0.05, 0.1) is 10.2 Å². The highest BCUT2D eigenvalue weighted by molar-refractivity contribution is 7.16. The largest absolute Gasteiger partial charge is 0.504 e. The third-order valence-electron chi connectivity index (χ3n) is 2.92. The van der Waals surface area contributed by atoms with Gasteiger partial charge in [0.1, 0.15) is 0 Å². The Morgan fingerprint density at radius 3 is 2.45 bits per heavy atom. The van der Waals surface area contributed by atoms with Gasteiger partial charge in [-0.3, -0.25) is 9.59 Å². The van der Waals surface area contributed by atoms with Crippen LogP contribution in [0.15, 0.2) is 41.2 Å². The van der Waals surface area contributed by atoms with Gasteiger partial charge in [0.25, 0.3) is 0 Å². The molecule has 1 aromatic heterocycles. The van der Waals surface area contributed by atoms with Crippen molar-refractivity contribution in [2.75, 3.05) is 0 Å². The normalized spacial score (nSPS) is 10.8. The molecule has 3 N–H and O–H groups in total. The van der Waals surface area contributed by atoms with E-state index in [1.165, 1.54) is 18.2 Å². The molecule has 100 valence electrons. The lowest BCUT2D eigenvalue weighted by atomic mass is 10.0. The third kappa shape index (κ3) is 2.06. The second kappa shape index (κ2) is 4.50. The van der Waals surface area contributed by atoms with Gasteiger partial charge in [0.2, 0.25) is 0 Å². The third-order valence-corrected chi connectivity index (χ3v) is 3.77. The number of aromatic amines is 1. The molecular weight excluding hydrogens is 278 g/mol. The smallest absolute Gasteiger partial charge is 0.305 e. The first-order valence-corrected chi connectivity index (χ1v) is 6.56. The van der Waals surface area contributed by atoms with Crippen LogP contribution in [0, 0.1) is 0 Å². The number of rotatable bonds is 2. The van der Waals surface area contributed by atoms with Gasteiger partial charge in [-0.15, -0.1) is 0 Å². The van der Waals surface area contributed by atoms with E-state index >= 15 is 0 Å². The summed E-state index contributed by atoms with van der Waals surface area (Å²) in [5.41, 5.74) is 1.37. The maximum atomic E-state index is 12.3. The highest BCUT2D eigenvalue weighted by atomic mass is 32.1. The standard InChI is InChI=1S/C14H9NO4S/c16-10-4-2-7(5-11(10)17)13(18)8-1-3-9-12(6-8)20-14(19)15-9/h1-6,16-17H,(H,15,19). The molecule has 0 bridgehead atoms. The minimum absolute atomic E-state index is 0.174. The zero-order chi connectivity index (χ0) is 14.3. The van der Waals surface area contributed by atoms with E-state index in [1.54, 1.807) is 18.2 Å². The number of H-pyrrole nitrogens is 1. The Hall–Kier alpha value is -2.60. The first-order valence-electron chi connectivity index (χ1n) is 5.74. The van der Waals surface area contributed by atoms with Crippen molar-refractivity contribution in [1.82, 2.24) is 4.98 Å². The molecule has 2 aromatic carbocycles. The number of thiazole rings is 1. The number of aromatic hydroxyl groups is 2. The summed E-state index contributed by atoms with van der Waals surface area (Å²) in [6, 6.07) is 8.81. The maximum Gasteiger partial charge on any atom is 0.305 e. The second-order valence-corrected chi connectivity index (χ2v) is 5.27. The van der Waals surface area contributed by atoms with E-state index in [0.29, 0.717) is 15.8 Å². The van der Waals surface area contributed by atoms with E-state index in [1.807, 2.05) is 0 Å². The highest BCUT2D eigenvalue weighted by Crippen LogP contribution is 2.26. The molecule has 6 heteroatoms. The number of hydrogen-bond donors (Lipinski definition) is 3. The molecule has 0 aliphatic rings. The monoisotopic (exact) mass is 287 g/mol. The van der Waals surface area contributed by atoms with Gasteiger partial charge < -0.3 is 15.2 Å². The van der Waals surface area contributed by atoms with Gasteiger partial charge in [0, 0.05) is 11.1 Å². The van der Waals surface area contributed by atoms with Crippen LogP contribution in [-0.2, 0) is 0 Å². The van der Waals surface area contributed by atoms with Crippen LogP contribution >= 0.6 is 11.3 Å². The molecule has 0 unspecified atom stereocenters. The van der Waals surface area contributed by atoms with E-state index < -0.39 is 0 Å². The number of phenols is 2. The molecule has 0 saturated heterocycles. The number of hydrogen-bond acceptors (Lipinski definition) is 5.